The second-order valence-electron chi connectivity index (χ2n) is 4.20. The molecule has 2 amide bonds. The standard InChI is InChI=1S/C11H21N3O2/c1-3-5-8(12)11(16)14-7-4-6-9(14)10(15)13-2/h8-9H,3-7,12H2,1-2H3,(H,13,15)/t8-,9?/m0/s1. The Morgan fingerprint density at radius 1 is 1.56 bits per heavy atom. The van der Waals surface area contributed by atoms with Crippen LogP contribution in [-0.4, -0.2) is 42.4 Å². The Morgan fingerprint density at radius 2 is 2.25 bits per heavy atom. The minimum atomic E-state index is -0.463. The molecular formula is C11H21N3O2. The molecule has 1 aliphatic rings. The van der Waals surface area contributed by atoms with Crippen LogP contribution in [0.1, 0.15) is 32.6 Å². The summed E-state index contributed by atoms with van der Waals surface area (Å²) >= 11 is 0. The highest BCUT2D eigenvalue weighted by Gasteiger charge is 2.35. The van der Waals surface area contributed by atoms with Gasteiger partial charge < -0.3 is 16.0 Å². The van der Waals surface area contributed by atoms with Gasteiger partial charge in [0.1, 0.15) is 6.04 Å². The first-order valence-electron chi connectivity index (χ1n) is 5.89. The van der Waals surface area contributed by atoms with Crippen LogP contribution in [-0.2, 0) is 9.59 Å². The van der Waals surface area contributed by atoms with Crippen LogP contribution in [0.3, 0.4) is 0 Å². The lowest BCUT2D eigenvalue weighted by molar-refractivity contribution is -0.139. The molecule has 1 heterocycles. The van der Waals surface area contributed by atoms with Crippen LogP contribution < -0.4 is 11.1 Å². The van der Waals surface area contributed by atoms with Gasteiger partial charge in [-0.05, 0) is 19.3 Å². The molecule has 1 unspecified atom stereocenters. The van der Waals surface area contributed by atoms with Crippen LogP contribution in [0.25, 0.3) is 0 Å². The third-order valence-electron chi connectivity index (χ3n) is 3.00. The molecule has 1 aliphatic heterocycles. The van der Waals surface area contributed by atoms with Crippen LogP contribution in [0.2, 0.25) is 0 Å². The topological polar surface area (TPSA) is 75.4 Å². The first kappa shape index (κ1) is 13.0. The molecule has 2 atom stereocenters. The van der Waals surface area contributed by atoms with E-state index < -0.39 is 6.04 Å². The van der Waals surface area contributed by atoms with Crippen molar-refractivity contribution < 1.29 is 9.59 Å². The maximum atomic E-state index is 12.0. The Hall–Kier alpha value is -1.10. The summed E-state index contributed by atoms with van der Waals surface area (Å²) in [5.74, 6) is -0.178. The number of nitrogens with zero attached hydrogens (tertiary/aromatic N) is 1. The zero-order valence-electron chi connectivity index (χ0n) is 10.0. The number of carbonyl (C=O) groups excluding carboxylic acids is 2. The Labute approximate surface area is 96.4 Å². The highest BCUT2D eigenvalue weighted by atomic mass is 16.2. The van der Waals surface area contributed by atoms with Gasteiger partial charge in [0.05, 0.1) is 6.04 Å². The first-order chi connectivity index (χ1) is 7.61. The van der Waals surface area contributed by atoms with E-state index in [2.05, 4.69) is 5.32 Å². The first-order valence-corrected chi connectivity index (χ1v) is 5.89. The van der Waals surface area contributed by atoms with Gasteiger partial charge in [0, 0.05) is 13.6 Å². The largest absolute Gasteiger partial charge is 0.357 e. The lowest BCUT2D eigenvalue weighted by Crippen LogP contribution is -2.50. The average Bonchev–Trinajstić information content (AvgIpc) is 2.76. The third-order valence-corrected chi connectivity index (χ3v) is 3.00. The number of rotatable bonds is 4. The van der Waals surface area contributed by atoms with Crippen molar-refractivity contribution in [3.8, 4) is 0 Å². The Balaban J connectivity index is 2.64. The van der Waals surface area contributed by atoms with Gasteiger partial charge in [0.25, 0.3) is 0 Å². The molecule has 0 aromatic carbocycles. The van der Waals surface area contributed by atoms with Crippen molar-refractivity contribution in [3.63, 3.8) is 0 Å². The molecule has 0 aliphatic carbocycles. The Morgan fingerprint density at radius 3 is 2.81 bits per heavy atom. The van der Waals surface area contributed by atoms with Gasteiger partial charge in [-0.25, -0.2) is 0 Å². The van der Waals surface area contributed by atoms with Crippen LogP contribution in [0.4, 0.5) is 0 Å². The maximum Gasteiger partial charge on any atom is 0.242 e. The number of likely N-dealkylation sites (tertiary alicyclic amines) is 1. The van der Waals surface area contributed by atoms with Crippen LogP contribution in [0.5, 0.6) is 0 Å². The molecular weight excluding hydrogens is 206 g/mol. The molecule has 0 spiro atoms. The van der Waals surface area contributed by atoms with Gasteiger partial charge >= 0.3 is 0 Å². The molecule has 0 aromatic rings. The quantitative estimate of drug-likeness (QED) is 0.701. The Kier molecular flexibility index (Phi) is 4.73. The summed E-state index contributed by atoms with van der Waals surface area (Å²) in [5.41, 5.74) is 5.79. The van der Waals surface area contributed by atoms with E-state index in [9.17, 15) is 9.59 Å². The van der Waals surface area contributed by atoms with Crippen molar-refractivity contribution in [2.24, 2.45) is 5.73 Å². The van der Waals surface area contributed by atoms with Crippen LogP contribution in [0.15, 0.2) is 0 Å². The predicted octanol–water partition coefficient (Wildman–Crippen LogP) is -0.149. The number of hydrogen-bond donors (Lipinski definition) is 2. The molecule has 5 heteroatoms. The lowest BCUT2D eigenvalue weighted by Gasteiger charge is -2.26. The van der Waals surface area contributed by atoms with Gasteiger partial charge in [-0.2, -0.15) is 0 Å². The highest BCUT2D eigenvalue weighted by Crippen LogP contribution is 2.18. The van der Waals surface area contributed by atoms with Crippen molar-refractivity contribution in [1.82, 2.24) is 10.2 Å². The molecule has 1 rings (SSSR count). The predicted molar refractivity (Wildman–Crippen MR) is 61.7 cm³/mol. The van der Waals surface area contributed by atoms with Crippen LogP contribution in [0, 0.1) is 0 Å². The van der Waals surface area contributed by atoms with Gasteiger partial charge in [-0.15, -0.1) is 0 Å². The average molecular weight is 227 g/mol. The summed E-state index contributed by atoms with van der Waals surface area (Å²) in [4.78, 5) is 25.2. The normalized spacial score (nSPS) is 21.9. The fourth-order valence-corrected chi connectivity index (χ4v) is 2.12. The van der Waals surface area contributed by atoms with Gasteiger partial charge in [0.2, 0.25) is 11.8 Å². The molecule has 0 bridgehead atoms. The summed E-state index contributed by atoms with van der Waals surface area (Å²) < 4.78 is 0. The monoisotopic (exact) mass is 227 g/mol. The summed E-state index contributed by atoms with van der Waals surface area (Å²) in [7, 11) is 1.59. The Bertz CT molecular complexity index is 268. The van der Waals surface area contributed by atoms with E-state index in [1.165, 1.54) is 0 Å². The number of carbonyl (C=O) groups is 2. The zero-order chi connectivity index (χ0) is 12.1. The van der Waals surface area contributed by atoms with E-state index in [1.807, 2.05) is 6.92 Å². The van der Waals surface area contributed by atoms with Gasteiger partial charge in [0.15, 0.2) is 0 Å². The van der Waals surface area contributed by atoms with Crippen molar-refractivity contribution in [2.75, 3.05) is 13.6 Å². The summed E-state index contributed by atoms with van der Waals surface area (Å²) in [5, 5.41) is 2.59. The van der Waals surface area contributed by atoms with Gasteiger partial charge in [-0.3, -0.25) is 9.59 Å². The zero-order valence-corrected chi connectivity index (χ0v) is 10.0. The van der Waals surface area contributed by atoms with Gasteiger partial charge in [-0.1, -0.05) is 13.3 Å². The highest BCUT2D eigenvalue weighted by molar-refractivity contribution is 5.90. The fourth-order valence-electron chi connectivity index (χ4n) is 2.12. The molecule has 1 saturated heterocycles. The molecule has 92 valence electrons. The second-order valence-corrected chi connectivity index (χ2v) is 4.20. The van der Waals surface area contributed by atoms with E-state index in [4.69, 9.17) is 5.73 Å². The summed E-state index contributed by atoms with van der Waals surface area (Å²) in [6.07, 6.45) is 3.17. The van der Waals surface area contributed by atoms with E-state index >= 15 is 0 Å². The molecule has 5 nitrogen and oxygen atoms in total. The van der Waals surface area contributed by atoms with E-state index in [-0.39, 0.29) is 17.9 Å². The number of nitrogens with one attached hydrogen (secondary N) is 1. The van der Waals surface area contributed by atoms with Crippen molar-refractivity contribution in [1.29, 1.82) is 0 Å². The molecule has 1 fully saturated rings. The second kappa shape index (κ2) is 5.84. The van der Waals surface area contributed by atoms with Crippen molar-refractivity contribution in [2.45, 2.75) is 44.7 Å². The number of likely N-dealkylation sites (N-methyl/N-ethyl adjacent to an activating group) is 1. The summed E-state index contributed by atoms with van der Waals surface area (Å²) in [6, 6.07) is -0.782. The van der Waals surface area contributed by atoms with Crippen molar-refractivity contribution in [3.05, 3.63) is 0 Å². The summed E-state index contributed by atoms with van der Waals surface area (Å²) in [6.45, 7) is 2.64. The molecule has 0 aromatic heterocycles. The van der Waals surface area contributed by atoms with E-state index in [0.717, 1.165) is 19.3 Å². The fraction of sp³-hybridized carbons (Fsp3) is 0.818. The third kappa shape index (κ3) is 2.72. The molecule has 3 N–H and O–H groups in total. The minimum Gasteiger partial charge on any atom is -0.357 e. The van der Waals surface area contributed by atoms with Crippen LogP contribution >= 0.6 is 0 Å². The lowest BCUT2D eigenvalue weighted by atomic mass is 10.1. The number of hydrogen-bond acceptors (Lipinski definition) is 3. The molecule has 16 heavy (non-hydrogen) atoms. The molecule has 0 saturated carbocycles. The number of nitrogens with two attached hydrogens (primary N) is 1. The molecule has 0 radical (unpaired) electrons. The van der Waals surface area contributed by atoms with Crippen molar-refractivity contribution >= 4 is 11.8 Å². The maximum absolute atomic E-state index is 12.0. The smallest absolute Gasteiger partial charge is 0.242 e. The SMILES string of the molecule is CCC[C@H](N)C(=O)N1CCCC1C(=O)NC. The van der Waals surface area contributed by atoms with E-state index in [0.29, 0.717) is 13.0 Å². The number of amides is 2. The van der Waals surface area contributed by atoms with E-state index in [1.54, 1.807) is 11.9 Å². The minimum absolute atomic E-state index is 0.0884.